The molecule has 1 N–H and O–H groups in total. The van der Waals surface area contributed by atoms with E-state index in [9.17, 15) is 9.59 Å². The second-order valence-electron chi connectivity index (χ2n) is 5.90. The first-order valence-electron chi connectivity index (χ1n) is 7.72. The van der Waals surface area contributed by atoms with E-state index in [0.29, 0.717) is 38.9 Å². The zero-order valence-corrected chi connectivity index (χ0v) is 14.9. The summed E-state index contributed by atoms with van der Waals surface area (Å²) < 4.78 is 4.95. The molecule has 1 atom stereocenters. The van der Waals surface area contributed by atoms with Crippen molar-refractivity contribution in [3.8, 4) is 0 Å². The summed E-state index contributed by atoms with van der Waals surface area (Å²) in [5, 5.41) is 3.95. The van der Waals surface area contributed by atoms with Gasteiger partial charge in [-0.2, -0.15) is 0 Å². The Morgan fingerprint density at radius 1 is 1.29 bits per heavy atom. The summed E-state index contributed by atoms with van der Waals surface area (Å²) in [5.41, 5.74) is 3.18. The summed E-state index contributed by atoms with van der Waals surface area (Å²) in [5.74, 6) is -1.02. The van der Waals surface area contributed by atoms with Crippen LogP contribution in [0.2, 0.25) is 10.0 Å². The van der Waals surface area contributed by atoms with Crippen LogP contribution in [-0.2, 0) is 14.3 Å². The Balaban J connectivity index is 2.26. The van der Waals surface area contributed by atoms with E-state index in [1.807, 2.05) is 0 Å². The molecule has 1 aromatic rings. The average Bonchev–Trinajstić information content (AvgIpc) is 2.56. The van der Waals surface area contributed by atoms with Crippen LogP contribution in [0.3, 0.4) is 0 Å². The van der Waals surface area contributed by atoms with E-state index in [1.165, 1.54) is 7.11 Å². The van der Waals surface area contributed by atoms with Gasteiger partial charge >= 0.3 is 5.97 Å². The van der Waals surface area contributed by atoms with E-state index in [4.69, 9.17) is 27.9 Å². The van der Waals surface area contributed by atoms with E-state index in [-0.39, 0.29) is 5.78 Å². The topological polar surface area (TPSA) is 55.4 Å². The van der Waals surface area contributed by atoms with Gasteiger partial charge in [-0.3, -0.25) is 4.79 Å². The van der Waals surface area contributed by atoms with Gasteiger partial charge in [0, 0.05) is 29.3 Å². The summed E-state index contributed by atoms with van der Waals surface area (Å²) in [6.07, 6.45) is 2.02. The molecule has 0 aromatic heterocycles. The van der Waals surface area contributed by atoms with Crippen LogP contribution in [0, 0.1) is 0 Å². The van der Waals surface area contributed by atoms with Crippen molar-refractivity contribution in [2.24, 2.45) is 0 Å². The first-order chi connectivity index (χ1) is 11.5. The van der Waals surface area contributed by atoms with Crippen molar-refractivity contribution in [3.05, 3.63) is 56.3 Å². The number of hydrogen-bond acceptors (Lipinski definition) is 4. The van der Waals surface area contributed by atoms with Crippen LogP contribution in [0.25, 0.3) is 0 Å². The Hall–Kier alpha value is -1.78. The zero-order valence-electron chi connectivity index (χ0n) is 13.4. The van der Waals surface area contributed by atoms with Gasteiger partial charge in [-0.25, -0.2) is 4.79 Å². The van der Waals surface area contributed by atoms with Crippen LogP contribution in [0.4, 0.5) is 0 Å². The lowest BCUT2D eigenvalue weighted by Gasteiger charge is -2.34. The number of ketones is 1. The Morgan fingerprint density at radius 3 is 2.75 bits per heavy atom. The number of esters is 1. The fourth-order valence-corrected chi connectivity index (χ4v) is 3.84. The first kappa shape index (κ1) is 17.1. The van der Waals surface area contributed by atoms with Gasteiger partial charge in [0.15, 0.2) is 5.78 Å². The number of Topliss-reactive ketones (excluding diaryl/α,β-unsaturated/α-hetero) is 1. The second kappa shape index (κ2) is 6.61. The molecule has 1 heterocycles. The van der Waals surface area contributed by atoms with Gasteiger partial charge in [0.05, 0.1) is 22.7 Å². The molecule has 6 heteroatoms. The lowest BCUT2D eigenvalue weighted by atomic mass is 9.75. The Kier molecular flexibility index (Phi) is 4.70. The summed E-state index contributed by atoms with van der Waals surface area (Å²) >= 11 is 12.6. The van der Waals surface area contributed by atoms with Crippen LogP contribution in [0.1, 0.15) is 37.7 Å². The van der Waals surface area contributed by atoms with E-state index < -0.39 is 11.9 Å². The van der Waals surface area contributed by atoms with Crippen LogP contribution in [0.5, 0.6) is 0 Å². The van der Waals surface area contributed by atoms with Gasteiger partial charge in [0.2, 0.25) is 0 Å². The summed E-state index contributed by atoms with van der Waals surface area (Å²) in [7, 11) is 1.33. The number of nitrogens with one attached hydrogen (secondary N) is 1. The normalized spacial score (nSPS) is 20.7. The minimum absolute atomic E-state index is 0.0266. The number of carbonyl (C=O) groups is 2. The summed E-state index contributed by atoms with van der Waals surface area (Å²) in [6, 6.07) is 5.25. The number of hydrogen-bond donors (Lipinski definition) is 1. The number of methoxy groups -OCH3 is 1. The summed E-state index contributed by atoms with van der Waals surface area (Å²) in [6.45, 7) is 1.81. The van der Waals surface area contributed by atoms with E-state index in [2.05, 4.69) is 5.32 Å². The largest absolute Gasteiger partial charge is 0.466 e. The maximum atomic E-state index is 12.6. The number of halogens is 2. The van der Waals surface area contributed by atoms with Crippen molar-refractivity contribution in [2.75, 3.05) is 7.11 Å². The molecule has 0 spiro atoms. The van der Waals surface area contributed by atoms with E-state index in [0.717, 1.165) is 18.5 Å². The number of dihydropyridines is 1. The van der Waals surface area contributed by atoms with Crippen molar-refractivity contribution in [3.63, 3.8) is 0 Å². The molecule has 126 valence electrons. The molecule has 1 aliphatic heterocycles. The maximum Gasteiger partial charge on any atom is 0.336 e. The third-order valence-electron chi connectivity index (χ3n) is 4.47. The predicted octanol–water partition coefficient (Wildman–Crippen LogP) is 4.13. The van der Waals surface area contributed by atoms with Crippen LogP contribution < -0.4 is 5.32 Å². The monoisotopic (exact) mass is 365 g/mol. The maximum absolute atomic E-state index is 12.6. The Morgan fingerprint density at radius 2 is 2.04 bits per heavy atom. The zero-order chi connectivity index (χ0) is 17.4. The highest BCUT2D eigenvalue weighted by Crippen LogP contribution is 2.45. The molecular weight excluding hydrogens is 349 g/mol. The van der Waals surface area contributed by atoms with Gasteiger partial charge in [-0.15, -0.1) is 0 Å². The average molecular weight is 366 g/mol. The van der Waals surface area contributed by atoms with Gasteiger partial charge in [-0.05, 0) is 31.4 Å². The first-order valence-corrected chi connectivity index (χ1v) is 8.47. The molecular formula is C18H17Cl2NO3. The van der Waals surface area contributed by atoms with Crippen molar-refractivity contribution in [1.29, 1.82) is 0 Å². The third-order valence-corrected chi connectivity index (χ3v) is 5.31. The standard InChI is InChI=1S/C18H17Cl2NO3/c1-9-14(18(23)24-2)15(10-5-3-6-11(19)17(10)20)16-12(21-9)7-4-8-13(16)22/h3,5-6,15,21H,4,7-8H2,1-2H3/t15-/m1/s1. The van der Waals surface area contributed by atoms with Crippen molar-refractivity contribution < 1.29 is 14.3 Å². The molecule has 1 aliphatic carbocycles. The molecule has 0 amide bonds. The highest BCUT2D eigenvalue weighted by atomic mass is 35.5. The van der Waals surface area contributed by atoms with Crippen LogP contribution >= 0.6 is 23.2 Å². The van der Waals surface area contributed by atoms with E-state index >= 15 is 0 Å². The van der Waals surface area contributed by atoms with Gasteiger partial charge in [0.1, 0.15) is 0 Å². The molecule has 0 bridgehead atoms. The molecule has 24 heavy (non-hydrogen) atoms. The number of benzene rings is 1. The molecule has 0 radical (unpaired) electrons. The number of carbonyl (C=O) groups excluding carboxylic acids is 2. The molecule has 2 aliphatic rings. The van der Waals surface area contributed by atoms with Crippen molar-refractivity contribution in [1.82, 2.24) is 5.32 Å². The molecule has 1 aromatic carbocycles. The highest BCUT2D eigenvalue weighted by Gasteiger charge is 2.39. The molecule has 0 saturated heterocycles. The molecule has 0 saturated carbocycles. The van der Waals surface area contributed by atoms with Crippen molar-refractivity contribution >= 4 is 35.0 Å². The third kappa shape index (κ3) is 2.74. The van der Waals surface area contributed by atoms with Gasteiger partial charge in [-0.1, -0.05) is 35.3 Å². The SMILES string of the molecule is COC(=O)C1=C(C)NC2=C(C(=O)CCC2)[C@@H]1c1cccc(Cl)c1Cl. The minimum atomic E-state index is -0.562. The van der Waals surface area contributed by atoms with Gasteiger partial charge < -0.3 is 10.1 Å². The molecule has 4 nitrogen and oxygen atoms in total. The summed E-state index contributed by atoms with van der Waals surface area (Å²) in [4.78, 5) is 25.0. The number of ether oxygens (including phenoxy) is 1. The number of rotatable bonds is 2. The Labute approximate surface area is 150 Å². The second-order valence-corrected chi connectivity index (χ2v) is 6.69. The van der Waals surface area contributed by atoms with E-state index in [1.54, 1.807) is 25.1 Å². The smallest absolute Gasteiger partial charge is 0.336 e. The number of allylic oxidation sites excluding steroid dienone is 3. The Bertz CT molecular complexity index is 795. The quantitative estimate of drug-likeness (QED) is 0.800. The molecule has 3 rings (SSSR count). The van der Waals surface area contributed by atoms with Crippen LogP contribution in [0.15, 0.2) is 40.7 Å². The lowest BCUT2D eigenvalue weighted by molar-refractivity contribution is -0.136. The predicted molar refractivity (Wildman–Crippen MR) is 92.9 cm³/mol. The lowest BCUT2D eigenvalue weighted by Crippen LogP contribution is -2.34. The minimum Gasteiger partial charge on any atom is -0.466 e. The molecule has 0 fully saturated rings. The fourth-order valence-electron chi connectivity index (χ4n) is 3.42. The van der Waals surface area contributed by atoms with Crippen molar-refractivity contribution in [2.45, 2.75) is 32.1 Å². The fraction of sp³-hybridized carbons (Fsp3) is 0.333. The van der Waals surface area contributed by atoms with Gasteiger partial charge in [0.25, 0.3) is 0 Å². The highest BCUT2D eigenvalue weighted by molar-refractivity contribution is 6.42. The molecule has 0 unspecified atom stereocenters. The van der Waals surface area contributed by atoms with Crippen LogP contribution in [-0.4, -0.2) is 18.9 Å².